The number of sulfone groups is 1. The summed E-state index contributed by atoms with van der Waals surface area (Å²) in [4.78, 5) is 0. The van der Waals surface area contributed by atoms with Crippen LogP contribution in [0.5, 0.6) is 5.75 Å². The number of rotatable bonds is 5. The van der Waals surface area contributed by atoms with Gasteiger partial charge in [0.1, 0.15) is 5.75 Å². The van der Waals surface area contributed by atoms with Crippen LogP contribution >= 0.6 is 0 Å². The van der Waals surface area contributed by atoms with Crippen molar-refractivity contribution in [1.29, 1.82) is 0 Å². The Labute approximate surface area is 102 Å². The summed E-state index contributed by atoms with van der Waals surface area (Å²) in [5.74, 6) is 0.659. The van der Waals surface area contributed by atoms with Crippen LogP contribution in [0.1, 0.15) is 12.5 Å². The Morgan fingerprint density at radius 1 is 1.35 bits per heavy atom. The average molecular weight is 258 g/mol. The van der Waals surface area contributed by atoms with Crippen molar-refractivity contribution < 1.29 is 18.3 Å². The molecule has 1 aromatic carbocycles. The van der Waals surface area contributed by atoms with Crippen LogP contribution in [0.4, 0.5) is 0 Å². The maximum absolute atomic E-state index is 11.3. The molecular weight excluding hydrogens is 240 g/mol. The second-order valence-corrected chi connectivity index (χ2v) is 6.52. The Hall–Kier alpha value is -1.07. The first-order chi connectivity index (χ1) is 7.86. The second kappa shape index (κ2) is 5.51. The SMILES string of the molecule is COc1ccccc1CC(O)C(C)S(C)(=O)=O. The van der Waals surface area contributed by atoms with Gasteiger partial charge in [-0.3, -0.25) is 0 Å². The van der Waals surface area contributed by atoms with E-state index in [9.17, 15) is 13.5 Å². The van der Waals surface area contributed by atoms with Gasteiger partial charge in [-0.15, -0.1) is 0 Å². The van der Waals surface area contributed by atoms with Crippen molar-refractivity contribution in [3.05, 3.63) is 29.8 Å². The predicted molar refractivity (Wildman–Crippen MR) is 67.0 cm³/mol. The molecule has 0 saturated heterocycles. The van der Waals surface area contributed by atoms with Crippen LogP contribution in [-0.4, -0.2) is 38.2 Å². The molecule has 17 heavy (non-hydrogen) atoms. The molecule has 0 spiro atoms. The standard InChI is InChI=1S/C12H18O4S/c1-9(17(3,14)15)11(13)8-10-6-4-5-7-12(10)16-2/h4-7,9,11,13H,8H2,1-3H3. The van der Waals surface area contributed by atoms with Crippen LogP contribution in [0.15, 0.2) is 24.3 Å². The van der Waals surface area contributed by atoms with E-state index in [0.717, 1.165) is 11.8 Å². The lowest BCUT2D eigenvalue weighted by Crippen LogP contribution is -2.32. The lowest BCUT2D eigenvalue weighted by molar-refractivity contribution is 0.172. The molecule has 96 valence electrons. The maximum Gasteiger partial charge on any atom is 0.152 e. The van der Waals surface area contributed by atoms with Crippen molar-refractivity contribution >= 4 is 9.84 Å². The fourth-order valence-corrected chi connectivity index (χ4v) is 2.22. The van der Waals surface area contributed by atoms with Gasteiger partial charge in [0.25, 0.3) is 0 Å². The molecule has 2 unspecified atom stereocenters. The summed E-state index contributed by atoms with van der Waals surface area (Å²) in [6.45, 7) is 1.51. The van der Waals surface area contributed by atoms with Gasteiger partial charge in [0.2, 0.25) is 0 Å². The Kier molecular flexibility index (Phi) is 4.54. The van der Waals surface area contributed by atoms with Crippen LogP contribution in [0.3, 0.4) is 0 Å². The molecule has 1 N–H and O–H groups in total. The minimum atomic E-state index is -3.23. The number of benzene rings is 1. The maximum atomic E-state index is 11.3. The van der Waals surface area contributed by atoms with Crippen molar-refractivity contribution in [2.45, 2.75) is 24.7 Å². The van der Waals surface area contributed by atoms with E-state index in [1.165, 1.54) is 6.92 Å². The molecule has 0 amide bonds. The van der Waals surface area contributed by atoms with Gasteiger partial charge in [-0.2, -0.15) is 0 Å². The quantitative estimate of drug-likeness (QED) is 0.857. The lowest BCUT2D eigenvalue weighted by atomic mass is 10.1. The monoisotopic (exact) mass is 258 g/mol. The van der Waals surface area contributed by atoms with E-state index in [1.54, 1.807) is 13.2 Å². The van der Waals surface area contributed by atoms with Crippen LogP contribution in [0.25, 0.3) is 0 Å². The Bertz CT molecular complexity index is 467. The molecule has 0 aromatic heterocycles. The van der Waals surface area contributed by atoms with Crippen LogP contribution in [0, 0.1) is 0 Å². The number of aliphatic hydroxyl groups is 1. The number of para-hydroxylation sites is 1. The minimum Gasteiger partial charge on any atom is -0.496 e. The molecule has 0 aliphatic carbocycles. The molecule has 0 bridgehead atoms. The Morgan fingerprint density at radius 2 is 1.94 bits per heavy atom. The normalized spacial score (nSPS) is 15.3. The van der Waals surface area contributed by atoms with Crippen molar-refractivity contribution in [2.75, 3.05) is 13.4 Å². The molecule has 4 nitrogen and oxygen atoms in total. The zero-order valence-corrected chi connectivity index (χ0v) is 11.1. The van der Waals surface area contributed by atoms with Crippen molar-refractivity contribution in [1.82, 2.24) is 0 Å². The van der Waals surface area contributed by atoms with E-state index < -0.39 is 21.2 Å². The molecule has 1 aromatic rings. The van der Waals surface area contributed by atoms with Gasteiger partial charge >= 0.3 is 0 Å². The summed E-state index contributed by atoms with van der Waals surface area (Å²) in [5.41, 5.74) is 0.804. The molecule has 2 atom stereocenters. The van der Waals surface area contributed by atoms with E-state index in [4.69, 9.17) is 4.74 Å². The van der Waals surface area contributed by atoms with Crippen LogP contribution in [-0.2, 0) is 16.3 Å². The third-order valence-corrected chi connectivity index (χ3v) is 4.50. The highest BCUT2D eigenvalue weighted by Gasteiger charge is 2.24. The van der Waals surface area contributed by atoms with Crippen molar-refractivity contribution in [3.8, 4) is 5.75 Å². The predicted octanol–water partition coefficient (Wildman–Crippen LogP) is 1.03. The third-order valence-electron chi connectivity index (χ3n) is 2.84. The van der Waals surface area contributed by atoms with Gasteiger partial charge in [-0.25, -0.2) is 8.42 Å². The summed E-state index contributed by atoms with van der Waals surface area (Å²) >= 11 is 0. The minimum absolute atomic E-state index is 0.262. The van der Waals surface area contributed by atoms with Crippen molar-refractivity contribution in [3.63, 3.8) is 0 Å². The molecule has 0 fully saturated rings. The molecule has 0 aliphatic heterocycles. The number of ether oxygens (including phenoxy) is 1. The smallest absolute Gasteiger partial charge is 0.152 e. The summed E-state index contributed by atoms with van der Waals surface area (Å²) in [7, 11) is -1.69. The third kappa shape index (κ3) is 3.71. The summed E-state index contributed by atoms with van der Waals surface area (Å²) in [6.07, 6.45) is 0.461. The van der Waals surface area contributed by atoms with Gasteiger partial charge in [-0.1, -0.05) is 18.2 Å². The van der Waals surface area contributed by atoms with Gasteiger partial charge in [0.05, 0.1) is 18.5 Å². The zero-order valence-electron chi connectivity index (χ0n) is 10.3. The average Bonchev–Trinajstić information content (AvgIpc) is 2.27. The van der Waals surface area contributed by atoms with Gasteiger partial charge in [-0.05, 0) is 18.6 Å². The van der Waals surface area contributed by atoms with E-state index in [2.05, 4.69) is 0 Å². The number of aliphatic hydroxyl groups excluding tert-OH is 1. The zero-order chi connectivity index (χ0) is 13.1. The van der Waals surface area contributed by atoms with Gasteiger partial charge in [0.15, 0.2) is 9.84 Å². The van der Waals surface area contributed by atoms with E-state index in [0.29, 0.717) is 5.75 Å². The topological polar surface area (TPSA) is 63.6 Å². The molecule has 0 saturated carbocycles. The Balaban J connectivity index is 2.84. The molecular formula is C12H18O4S. The first-order valence-corrected chi connectivity index (χ1v) is 7.30. The fraction of sp³-hybridized carbons (Fsp3) is 0.500. The summed E-state index contributed by atoms with van der Waals surface area (Å²) in [5, 5.41) is 9.11. The van der Waals surface area contributed by atoms with E-state index >= 15 is 0 Å². The Morgan fingerprint density at radius 3 is 2.47 bits per heavy atom. The highest BCUT2D eigenvalue weighted by molar-refractivity contribution is 7.91. The second-order valence-electron chi connectivity index (χ2n) is 4.12. The van der Waals surface area contributed by atoms with E-state index in [1.807, 2.05) is 18.2 Å². The first-order valence-electron chi connectivity index (χ1n) is 5.35. The molecule has 0 aliphatic rings. The highest BCUT2D eigenvalue weighted by atomic mass is 32.2. The lowest BCUT2D eigenvalue weighted by Gasteiger charge is -2.18. The van der Waals surface area contributed by atoms with E-state index in [-0.39, 0.29) is 6.42 Å². The largest absolute Gasteiger partial charge is 0.496 e. The molecule has 5 heteroatoms. The first kappa shape index (κ1) is 14.0. The number of hydrogen-bond donors (Lipinski definition) is 1. The number of hydrogen-bond acceptors (Lipinski definition) is 4. The van der Waals surface area contributed by atoms with Crippen LogP contribution < -0.4 is 4.74 Å². The summed E-state index contributed by atoms with van der Waals surface area (Å²) < 4.78 is 27.8. The van der Waals surface area contributed by atoms with Gasteiger partial charge < -0.3 is 9.84 Å². The summed E-state index contributed by atoms with van der Waals surface area (Å²) in [6, 6.07) is 7.26. The number of methoxy groups -OCH3 is 1. The van der Waals surface area contributed by atoms with Gasteiger partial charge in [0, 0.05) is 12.7 Å². The highest BCUT2D eigenvalue weighted by Crippen LogP contribution is 2.20. The molecule has 0 radical (unpaired) electrons. The molecule has 0 heterocycles. The fourth-order valence-electron chi connectivity index (χ4n) is 1.55. The molecule has 1 rings (SSSR count). The van der Waals surface area contributed by atoms with Crippen LogP contribution in [0.2, 0.25) is 0 Å². The van der Waals surface area contributed by atoms with Crippen molar-refractivity contribution in [2.24, 2.45) is 0 Å².